The SMILES string of the molecule is Cc1csc(NC(=O)CSc2nnc(-c3ccc(F)cc3)o2)n1. The van der Waals surface area contributed by atoms with Crippen LogP contribution in [0.5, 0.6) is 0 Å². The quantitative estimate of drug-likeness (QED) is 0.711. The predicted octanol–water partition coefficient (Wildman–Crippen LogP) is 3.37. The van der Waals surface area contributed by atoms with E-state index in [9.17, 15) is 9.18 Å². The summed E-state index contributed by atoms with van der Waals surface area (Å²) in [6.07, 6.45) is 0. The van der Waals surface area contributed by atoms with Crippen LogP contribution >= 0.6 is 23.1 Å². The fraction of sp³-hybridized carbons (Fsp3) is 0.143. The largest absolute Gasteiger partial charge is 0.411 e. The first-order valence-corrected chi connectivity index (χ1v) is 8.41. The molecule has 1 N–H and O–H groups in total. The molecule has 0 atom stereocenters. The zero-order chi connectivity index (χ0) is 16.2. The van der Waals surface area contributed by atoms with Crippen LogP contribution in [0.4, 0.5) is 9.52 Å². The smallest absolute Gasteiger partial charge is 0.277 e. The molecule has 1 aromatic carbocycles. The Labute approximate surface area is 139 Å². The molecule has 2 aromatic heterocycles. The number of hydrogen-bond acceptors (Lipinski definition) is 7. The zero-order valence-corrected chi connectivity index (χ0v) is 13.6. The monoisotopic (exact) mass is 350 g/mol. The minimum atomic E-state index is -0.336. The molecule has 1 amide bonds. The second kappa shape index (κ2) is 6.88. The number of thioether (sulfide) groups is 1. The normalized spacial score (nSPS) is 10.7. The third kappa shape index (κ3) is 4.14. The van der Waals surface area contributed by atoms with Gasteiger partial charge in [0.05, 0.1) is 11.4 Å². The van der Waals surface area contributed by atoms with Gasteiger partial charge in [0.15, 0.2) is 5.13 Å². The maximum atomic E-state index is 12.9. The lowest BCUT2D eigenvalue weighted by Crippen LogP contribution is -2.13. The summed E-state index contributed by atoms with van der Waals surface area (Å²) in [6, 6.07) is 5.73. The third-order valence-corrected chi connectivity index (χ3v) is 4.38. The van der Waals surface area contributed by atoms with Crippen LogP contribution in [0.3, 0.4) is 0 Å². The minimum absolute atomic E-state index is 0.129. The number of anilines is 1. The van der Waals surface area contributed by atoms with E-state index in [1.807, 2.05) is 12.3 Å². The van der Waals surface area contributed by atoms with Gasteiger partial charge in [0.25, 0.3) is 5.22 Å². The number of amides is 1. The minimum Gasteiger partial charge on any atom is -0.411 e. The molecule has 3 aromatic rings. The molecule has 0 bridgehead atoms. The van der Waals surface area contributed by atoms with E-state index in [0.29, 0.717) is 10.7 Å². The lowest BCUT2D eigenvalue weighted by atomic mass is 10.2. The van der Waals surface area contributed by atoms with Gasteiger partial charge < -0.3 is 9.73 Å². The van der Waals surface area contributed by atoms with Crippen LogP contribution in [0.15, 0.2) is 39.3 Å². The van der Waals surface area contributed by atoms with Crippen molar-refractivity contribution in [3.8, 4) is 11.5 Å². The average molecular weight is 350 g/mol. The van der Waals surface area contributed by atoms with Crippen molar-refractivity contribution in [2.75, 3.05) is 11.1 Å². The Bertz CT molecular complexity index is 816. The summed E-state index contributed by atoms with van der Waals surface area (Å²) < 4.78 is 18.3. The molecule has 0 aliphatic carbocycles. The fourth-order valence-electron chi connectivity index (χ4n) is 1.67. The van der Waals surface area contributed by atoms with E-state index < -0.39 is 0 Å². The van der Waals surface area contributed by atoms with Crippen molar-refractivity contribution in [2.24, 2.45) is 0 Å². The van der Waals surface area contributed by atoms with Crippen LogP contribution in [0.25, 0.3) is 11.5 Å². The van der Waals surface area contributed by atoms with Crippen LogP contribution in [0.1, 0.15) is 5.69 Å². The lowest BCUT2D eigenvalue weighted by molar-refractivity contribution is -0.113. The summed E-state index contributed by atoms with van der Waals surface area (Å²) in [6.45, 7) is 1.86. The number of thiazole rings is 1. The van der Waals surface area contributed by atoms with Crippen molar-refractivity contribution in [1.82, 2.24) is 15.2 Å². The Balaban J connectivity index is 1.56. The van der Waals surface area contributed by atoms with Crippen molar-refractivity contribution >= 4 is 34.1 Å². The van der Waals surface area contributed by atoms with E-state index in [0.717, 1.165) is 17.5 Å². The molecule has 0 saturated heterocycles. The number of halogens is 1. The number of aryl methyl sites for hydroxylation is 1. The number of nitrogens with zero attached hydrogens (tertiary/aromatic N) is 3. The zero-order valence-electron chi connectivity index (χ0n) is 11.9. The van der Waals surface area contributed by atoms with Crippen molar-refractivity contribution in [2.45, 2.75) is 12.1 Å². The molecule has 9 heteroatoms. The molecule has 0 saturated carbocycles. The lowest BCUT2D eigenvalue weighted by Gasteiger charge is -1.98. The Morgan fingerprint density at radius 2 is 2.13 bits per heavy atom. The first-order valence-electron chi connectivity index (χ1n) is 6.54. The van der Waals surface area contributed by atoms with Gasteiger partial charge in [-0.25, -0.2) is 9.37 Å². The second-order valence-electron chi connectivity index (χ2n) is 4.51. The average Bonchev–Trinajstić information content (AvgIpc) is 3.15. The second-order valence-corrected chi connectivity index (χ2v) is 6.30. The number of carbonyl (C=O) groups excluding carboxylic acids is 1. The summed E-state index contributed by atoms with van der Waals surface area (Å²) >= 11 is 2.49. The van der Waals surface area contributed by atoms with Crippen molar-refractivity contribution in [1.29, 1.82) is 0 Å². The summed E-state index contributed by atoms with van der Waals surface area (Å²) in [5.41, 5.74) is 1.48. The van der Waals surface area contributed by atoms with E-state index in [2.05, 4.69) is 20.5 Å². The van der Waals surface area contributed by atoms with E-state index in [1.165, 1.54) is 23.5 Å². The van der Waals surface area contributed by atoms with Gasteiger partial charge in [-0.15, -0.1) is 21.5 Å². The molecule has 2 heterocycles. The molecule has 0 unspecified atom stereocenters. The molecule has 0 radical (unpaired) electrons. The van der Waals surface area contributed by atoms with Crippen molar-refractivity contribution in [3.63, 3.8) is 0 Å². The molecule has 23 heavy (non-hydrogen) atoms. The number of benzene rings is 1. The highest BCUT2D eigenvalue weighted by Gasteiger charge is 2.12. The Hall–Kier alpha value is -2.26. The molecule has 0 spiro atoms. The highest BCUT2D eigenvalue weighted by Crippen LogP contribution is 2.23. The van der Waals surface area contributed by atoms with Crippen LogP contribution in [0.2, 0.25) is 0 Å². The molecule has 3 rings (SSSR count). The summed E-state index contributed by atoms with van der Waals surface area (Å²) in [4.78, 5) is 16.0. The highest BCUT2D eigenvalue weighted by molar-refractivity contribution is 7.99. The van der Waals surface area contributed by atoms with Gasteiger partial charge in [0, 0.05) is 10.9 Å². The van der Waals surface area contributed by atoms with Gasteiger partial charge in [-0.05, 0) is 31.2 Å². The van der Waals surface area contributed by atoms with Gasteiger partial charge in [-0.1, -0.05) is 11.8 Å². The number of carbonyl (C=O) groups is 1. The molecule has 0 aliphatic rings. The van der Waals surface area contributed by atoms with Gasteiger partial charge >= 0.3 is 0 Å². The molecule has 6 nitrogen and oxygen atoms in total. The van der Waals surface area contributed by atoms with Gasteiger partial charge in [-0.3, -0.25) is 4.79 Å². The summed E-state index contributed by atoms with van der Waals surface area (Å²) in [7, 11) is 0. The van der Waals surface area contributed by atoms with Crippen LogP contribution in [0, 0.1) is 12.7 Å². The standard InChI is InChI=1S/C14H11FN4O2S2/c1-8-6-22-13(16-8)17-11(20)7-23-14-19-18-12(21-14)9-2-4-10(15)5-3-9/h2-6H,7H2,1H3,(H,16,17,20). The van der Waals surface area contributed by atoms with Crippen LogP contribution in [-0.2, 0) is 4.79 Å². The number of rotatable bonds is 5. The number of hydrogen-bond donors (Lipinski definition) is 1. The van der Waals surface area contributed by atoms with Gasteiger partial charge in [0.1, 0.15) is 5.82 Å². The molecule has 0 aliphatic heterocycles. The third-order valence-electron chi connectivity index (χ3n) is 2.69. The molecule has 118 valence electrons. The van der Waals surface area contributed by atoms with Crippen LogP contribution < -0.4 is 5.32 Å². The predicted molar refractivity (Wildman–Crippen MR) is 85.9 cm³/mol. The van der Waals surface area contributed by atoms with Crippen LogP contribution in [-0.4, -0.2) is 26.8 Å². The van der Waals surface area contributed by atoms with E-state index in [-0.39, 0.29) is 28.6 Å². The summed E-state index contributed by atoms with van der Waals surface area (Å²) in [5, 5.41) is 13.1. The highest BCUT2D eigenvalue weighted by atomic mass is 32.2. The van der Waals surface area contributed by atoms with E-state index in [4.69, 9.17) is 4.42 Å². The maximum Gasteiger partial charge on any atom is 0.277 e. The van der Waals surface area contributed by atoms with Gasteiger partial charge in [-0.2, -0.15) is 0 Å². The number of nitrogens with one attached hydrogen (secondary N) is 1. The van der Waals surface area contributed by atoms with Crippen molar-refractivity contribution in [3.05, 3.63) is 41.2 Å². The Morgan fingerprint density at radius 3 is 2.83 bits per heavy atom. The number of aromatic nitrogens is 3. The Morgan fingerprint density at radius 1 is 1.35 bits per heavy atom. The van der Waals surface area contributed by atoms with E-state index in [1.54, 1.807) is 12.1 Å². The Kier molecular flexibility index (Phi) is 4.68. The first kappa shape index (κ1) is 15.6. The molecular formula is C14H11FN4O2S2. The van der Waals surface area contributed by atoms with Gasteiger partial charge in [0.2, 0.25) is 11.8 Å². The topological polar surface area (TPSA) is 80.9 Å². The summed E-state index contributed by atoms with van der Waals surface area (Å²) in [5.74, 6) is -0.129. The first-order chi connectivity index (χ1) is 11.1. The molecular weight excluding hydrogens is 339 g/mol. The fourth-order valence-corrected chi connectivity index (χ4v) is 2.94. The maximum absolute atomic E-state index is 12.9. The molecule has 0 fully saturated rings. The van der Waals surface area contributed by atoms with Crippen molar-refractivity contribution < 1.29 is 13.6 Å². The van der Waals surface area contributed by atoms with E-state index >= 15 is 0 Å².